The predicted molar refractivity (Wildman–Crippen MR) is 151 cm³/mol. The SMILES string of the molecule is C[N]C1CCC(N(Cc2cc(-c3ccnc(N)c3)ccc2OC)C(=O)c2sc3c(F)ccc(F)c3c2Cl)CC1. The van der Waals surface area contributed by atoms with Crippen LogP contribution >= 0.6 is 22.9 Å². The van der Waals surface area contributed by atoms with Crippen molar-refractivity contribution in [1.82, 2.24) is 15.2 Å². The van der Waals surface area contributed by atoms with E-state index in [2.05, 4.69) is 10.3 Å². The standard InChI is InChI=1S/C29H28ClF2N4O2S/c1-34-19-4-6-20(7-5-19)36(29(37)28-26(30)25-21(31)8-9-22(32)27(25)39-28)15-18-13-16(3-10-23(18)38-2)17-11-12-35-24(33)14-17/h3,8-14,19-20H,4-7,15H2,1-2H3,(H2,33,35). The number of nitrogen functional groups attached to an aromatic ring is 1. The summed E-state index contributed by atoms with van der Waals surface area (Å²) in [7, 11) is 3.40. The summed E-state index contributed by atoms with van der Waals surface area (Å²) in [5.74, 6) is -0.610. The molecule has 6 nitrogen and oxygen atoms in total. The Kier molecular flexibility index (Phi) is 8.02. The van der Waals surface area contributed by atoms with E-state index in [1.165, 1.54) is 0 Å². The number of benzene rings is 2. The average Bonchev–Trinajstić information content (AvgIpc) is 3.31. The van der Waals surface area contributed by atoms with Gasteiger partial charge in [-0.15, -0.1) is 11.3 Å². The Morgan fingerprint density at radius 3 is 2.51 bits per heavy atom. The monoisotopic (exact) mass is 569 g/mol. The maximum atomic E-state index is 14.6. The fourth-order valence-electron chi connectivity index (χ4n) is 5.25. The van der Waals surface area contributed by atoms with Gasteiger partial charge in [-0.2, -0.15) is 0 Å². The summed E-state index contributed by atoms with van der Waals surface area (Å²) in [5.41, 5.74) is 8.46. The fourth-order valence-corrected chi connectivity index (χ4v) is 6.76. The van der Waals surface area contributed by atoms with Crippen molar-refractivity contribution in [2.24, 2.45) is 0 Å². The topological polar surface area (TPSA) is 82.6 Å². The first-order valence-corrected chi connectivity index (χ1v) is 13.8. The van der Waals surface area contributed by atoms with Crippen LogP contribution in [0.15, 0.2) is 48.7 Å². The van der Waals surface area contributed by atoms with E-state index in [0.717, 1.165) is 65.8 Å². The Labute approximate surface area is 234 Å². The van der Waals surface area contributed by atoms with Crippen molar-refractivity contribution < 1.29 is 18.3 Å². The number of aromatic nitrogens is 1. The number of nitrogens with two attached hydrogens (primary N) is 1. The van der Waals surface area contributed by atoms with Gasteiger partial charge in [0.2, 0.25) is 0 Å². The molecule has 0 bridgehead atoms. The van der Waals surface area contributed by atoms with Crippen molar-refractivity contribution in [3.8, 4) is 16.9 Å². The molecular weight excluding hydrogens is 542 g/mol. The highest BCUT2D eigenvalue weighted by Crippen LogP contribution is 2.40. The molecule has 2 heterocycles. The minimum Gasteiger partial charge on any atom is -0.496 e. The van der Waals surface area contributed by atoms with Crippen LogP contribution in [-0.2, 0) is 6.54 Å². The lowest BCUT2D eigenvalue weighted by Crippen LogP contribution is -2.43. The minimum atomic E-state index is -0.658. The molecule has 5 rings (SSSR count). The highest BCUT2D eigenvalue weighted by Gasteiger charge is 2.33. The third kappa shape index (κ3) is 5.44. The number of rotatable bonds is 7. The Balaban J connectivity index is 1.56. The largest absolute Gasteiger partial charge is 0.496 e. The van der Waals surface area contributed by atoms with Crippen LogP contribution in [-0.4, -0.2) is 42.0 Å². The highest BCUT2D eigenvalue weighted by atomic mass is 35.5. The predicted octanol–water partition coefficient (Wildman–Crippen LogP) is 6.67. The fraction of sp³-hybridized carbons (Fsp3) is 0.310. The van der Waals surface area contributed by atoms with Gasteiger partial charge in [0.25, 0.3) is 5.91 Å². The zero-order chi connectivity index (χ0) is 27.7. The normalized spacial score (nSPS) is 17.4. The van der Waals surface area contributed by atoms with Gasteiger partial charge < -0.3 is 15.4 Å². The molecule has 0 saturated heterocycles. The molecule has 2 N–H and O–H groups in total. The molecule has 1 saturated carbocycles. The number of anilines is 1. The Morgan fingerprint density at radius 2 is 1.85 bits per heavy atom. The molecule has 4 aromatic rings. The summed E-state index contributed by atoms with van der Waals surface area (Å²) < 4.78 is 34.9. The van der Waals surface area contributed by atoms with Crippen LogP contribution in [0.3, 0.4) is 0 Å². The first-order valence-electron chi connectivity index (χ1n) is 12.7. The van der Waals surface area contributed by atoms with E-state index < -0.39 is 11.6 Å². The van der Waals surface area contributed by atoms with Gasteiger partial charge >= 0.3 is 0 Å². The van der Waals surface area contributed by atoms with E-state index >= 15 is 0 Å². The van der Waals surface area contributed by atoms with Crippen LogP contribution in [0.2, 0.25) is 5.02 Å². The third-order valence-electron chi connectivity index (χ3n) is 7.34. The lowest BCUT2D eigenvalue weighted by Gasteiger charge is -2.37. The van der Waals surface area contributed by atoms with Gasteiger partial charge in [0, 0.05) is 37.4 Å². The van der Waals surface area contributed by atoms with Gasteiger partial charge in [-0.25, -0.2) is 19.1 Å². The molecule has 0 spiro atoms. The van der Waals surface area contributed by atoms with E-state index in [9.17, 15) is 13.6 Å². The van der Waals surface area contributed by atoms with Gasteiger partial charge in [0.15, 0.2) is 0 Å². The zero-order valence-corrected chi connectivity index (χ0v) is 23.2. The molecular formula is C29H28ClF2N4O2S. The first kappa shape index (κ1) is 27.3. The highest BCUT2D eigenvalue weighted by molar-refractivity contribution is 7.21. The Bertz CT molecular complexity index is 1520. The summed E-state index contributed by atoms with van der Waals surface area (Å²) in [5, 5.41) is 4.30. The van der Waals surface area contributed by atoms with E-state index in [1.807, 2.05) is 31.3 Å². The second-order valence-electron chi connectivity index (χ2n) is 9.63. The smallest absolute Gasteiger partial charge is 0.266 e. The van der Waals surface area contributed by atoms with Gasteiger partial charge in [-0.3, -0.25) is 4.79 Å². The maximum absolute atomic E-state index is 14.6. The number of amides is 1. The van der Waals surface area contributed by atoms with Crippen molar-refractivity contribution in [3.63, 3.8) is 0 Å². The molecule has 203 valence electrons. The van der Waals surface area contributed by atoms with Crippen molar-refractivity contribution in [1.29, 1.82) is 0 Å². The van der Waals surface area contributed by atoms with Gasteiger partial charge in [0.05, 0.1) is 22.2 Å². The summed E-state index contributed by atoms with van der Waals surface area (Å²) >= 11 is 7.42. The molecule has 0 atom stereocenters. The van der Waals surface area contributed by atoms with Crippen LogP contribution in [0, 0.1) is 11.6 Å². The molecule has 39 heavy (non-hydrogen) atoms. The lowest BCUT2D eigenvalue weighted by atomic mass is 9.89. The summed E-state index contributed by atoms with van der Waals surface area (Å²) in [4.78, 5) is 20.1. The molecule has 10 heteroatoms. The first-order chi connectivity index (χ1) is 18.8. The van der Waals surface area contributed by atoms with E-state index in [-0.39, 0.29) is 44.5 Å². The van der Waals surface area contributed by atoms with E-state index in [0.29, 0.717) is 11.6 Å². The number of ether oxygens (including phenoxy) is 1. The maximum Gasteiger partial charge on any atom is 0.266 e. The summed E-state index contributed by atoms with van der Waals surface area (Å²) in [6.07, 6.45) is 4.84. The van der Waals surface area contributed by atoms with Crippen LogP contribution in [0.5, 0.6) is 5.75 Å². The molecule has 0 unspecified atom stereocenters. The van der Waals surface area contributed by atoms with Gasteiger partial charge in [0.1, 0.15) is 28.1 Å². The molecule has 2 aromatic heterocycles. The zero-order valence-electron chi connectivity index (χ0n) is 21.6. The lowest BCUT2D eigenvalue weighted by molar-refractivity contribution is 0.0604. The molecule has 0 aliphatic heterocycles. The number of carbonyl (C=O) groups excluding carboxylic acids is 1. The molecule has 1 radical (unpaired) electrons. The summed E-state index contributed by atoms with van der Waals surface area (Å²) in [6.45, 7) is 0.227. The van der Waals surface area contributed by atoms with Gasteiger partial charge in [-0.1, -0.05) is 17.7 Å². The Hall–Kier alpha value is -3.27. The van der Waals surface area contributed by atoms with Gasteiger partial charge in [-0.05, 0) is 73.2 Å². The number of nitrogens with zero attached hydrogens (tertiary/aromatic N) is 3. The number of hydrogen-bond acceptors (Lipinski definition) is 5. The second-order valence-corrected chi connectivity index (χ2v) is 11.0. The van der Waals surface area contributed by atoms with E-state index in [4.69, 9.17) is 22.1 Å². The molecule has 1 fully saturated rings. The molecule has 1 amide bonds. The van der Waals surface area contributed by atoms with Crippen LogP contribution < -0.4 is 15.8 Å². The summed E-state index contributed by atoms with van der Waals surface area (Å²) in [6, 6.07) is 11.6. The number of hydrogen-bond donors (Lipinski definition) is 1. The number of methoxy groups -OCH3 is 1. The average molecular weight is 570 g/mol. The minimum absolute atomic E-state index is 0.0339. The van der Waals surface area contributed by atoms with E-state index in [1.54, 1.807) is 24.3 Å². The number of halogens is 3. The second kappa shape index (κ2) is 11.5. The number of carbonyl (C=O) groups is 1. The molecule has 1 aliphatic carbocycles. The van der Waals surface area contributed by atoms with Crippen molar-refractivity contribution >= 4 is 44.7 Å². The third-order valence-corrected chi connectivity index (χ3v) is 9.02. The van der Waals surface area contributed by atoms with Crippen molar-refractivity contribution in [2.75, 3.05) is 19.9 Å². The number of fused-ring (bicyclic) bond motifs is 1. The van der Waals surface area contributed by atoms with Crippen LogP contribution in [0.1, 0.15) is 40.9 Å². The Morgan fingerprint density at radius 1 is 1.13 bits per heavy atom. The van der Waals surface area contributed by atoms with Crippen molar-refractivity contribution in [2.45, 2.75) is 44.3 Å². The number of pyridine rings is 1. The quantitative estimate of drug-likeness (QED) is 0.269. The number of thiophene rings is 1. The molecule has 1 aliphatic rings. The van der Waals surface area contributed by atoms with Crippen LogP contribution in [0.25, 0.3) is 21.2 Å². The molecule has 2 aromatic carbocycles. The van der Waals surface area contributed by atoms with Crippen LogP contribution in [0.4, 0.5) is 14.6 Å². The van der Waals surface area contributed by atoms with Crippen molar-refractivity contribution in [3.05, 3.63) is 75.8 Å².